The van der Waals surface area contributed by atoms with Crippen molar-refractivity contribution in [2.24, 2.45) is 5.92 Å². The first-order valence-corrected chi connectivity index (χ1v) is 8.04. The van der Waals surface area contributed by atoms with Crippen LogP contribution >= 0.6 is 0 Å². The van der Waals surface area contributed by atoms with E-state index in [1.54, 1.807) is 0 Å². The standard InChI is InChI=1S/C17H26N2O/c20-17(13-6-2-1-3-7-13)12-19-16-9-4-8-14(16)15-10-5-11-18-15/h1-3,6-7,14-20H,4-5,8-12H2. The van der Waals surface area contributed by atoms with Gasteiger partial charge in [0.2, 0.25) is 0 Å². The fourth-order valence-corrected chi connectivity index (χ4v) is 3.86. The molecule has 1 aromatic rings. The SMILES string of the molecule is OC(CNC1CCCC1C1CCCN1)c1ccccc1. The van der Waals surface area contributed by atoms with Crippen molar-refractivity contribution in [3.8, 4) is 0 Å². The lowest BCUT2D eigenvalue weighted by Gasteiger charge is -2.27. The quantitative estimate of drug-likeness (QED) is 0.771. The summed E-state index contributed by atoms with van der Waals surface area (Å²) in [5.74, 6) is 0.750. The third-order valence-corrected chi connectivity index (χ3v) is 4.94. The second kappa shape index (κ2) is 6.70. The molecule has 0 aromatic heterocycles. The minimum Gasteiger partial charge on any atom is -0.387 e. The highest BCUT2D eigenvalue weighted by atomic mass is 16.3. The van der Waals surface area contributed by atoms with Gasteiger partial charge in [-0.05, 0) is 43.7 Å². The number of benzene rings is 1. The third kappa shape index (κ3) is 3.22. The van der Waals surface area contributed by atoms with Crippen molar-refractivity contribution >= 4 is 0 Å². The van der Waals surface area contributed by atoms with Gasteiger partial charge in [0.25, 0.3) is 0 Å². The van der Waals surface area contributed by atoms with Crippen molar-refractivity contribution in [2.75, 3.05) is 13.1 Å². The highest BCUT2D eigenvalue weighted by molar-refractivity contribution is 5.17. The van der Waals surface area contributed by atoms with Crippen LogP contribution in [0.1, 0.15) is 43.8 Å². The first kappa shape index (κ1) is 14.1. The zero-order chi connectivity index (χ0) is 13.8. The van der Waals surface area contributed by atoms with Crippen LogP contribution < -0.4 is 10.6 Å². The molecule has 1 aliphatic heterocycles. The van der Waals surface area contributed by atoms with E-state index in [0.29, 0.717) is 18.6 Å². The molecule has 0 spiro atoms. The summed E-state index contributed by atoms with van der Waals surface area (Å²) in [6, 6.07) is 11.2. The molecule has 3 N–H and O–H groups in total. The zero-order valence-corrected chi connectivity index (χ0v) is 12.1. The maximum Gasteiger partial charge on any atom is 0.0914 e. The molecule has 1 aromatic carbocycles. The van der Waals surface area contributed by atoms with Crippen LogP contribution in [0.3, 0.4) is 0 Å². The van der Waals surface area contributed by atoms with Crippen LogP contribution in [0.5, 0.6) is 0 Å². The molecule has 2 aliphatic rings. The molecule has 3 heteroatoms. The Labute approximate surface area is 121 Å². The van der Waals surface area contributed by atoms with E-state index in [1.165, 1.54) is 38.6 Å². The van der Waals surface area contributed by atoms with Crippen LogP contribution in [0.15, 0.2) is 30.3 Å². The molecule has 3 rings (SSSR count). The Bertz CT molecular complexity index is 403. The lowest BCUT2D eigenvalue weighted by atomic mass is 9.93. The summed E-state index contributed by atoms with van der Waals surface area (Å²) in [5.41, 5.74) is 1.01. The van der Waals surface area contributed by atoms with Gasteiger partial charge < -0.3 is 15.7 Å². The number of rotatable bonds is 5. The van der Waals surface area contributed by atoms with Gasteiger partial charge in [0.15, 0.2) is 0 Å². The molecule has 1 heterocycles. The second-order valence-electron chi connectivity index (χ2n) is 6.24. The van der Waals surface area contributed by atoms with E-state index in [-0.39, 0.29) is 0 Å². The molecule has 3 nitrogen and oxygen atoms in total. The van der Waals surface area contributed by atoms with Crippen LogP contribution in [-0.4, -0.2) is 30.3 Å². The van der Waals surface area contributed by atoms with Crippen molar-refractivity contribution in [3.05, 3.63) is 35.9 Å². The average Bonchev–Trinajstić information content (AvgIpc) is 3.16. The molecule has 2 fully saturated rings. The Morgan fingerprint density at radius 1 is 1.15 bits per heavy atom. The van der Waals surface area contributed by atoms with Crippen molar-refractivity contribution in [3.63, 3.8) is 0 Å². The fraction of sp³-hybridized carbons (Fsp3) is 0.647. The van der Waals surface area contributed by atoms with E-state index in [4.69, 9.17) is 0 Å². The van der Waals surface area contributed by atoms with Gasteiger partial charge in [-0.25, -0.2) is 0 Å². The summed E-state index contributed by atoms with van der Waals surface area (Å²) in [7, 11) is 0. The predicted molar refractivity (Wildman–Crippen MR) is 81.6 cm³/mol. The van der Waals surface area contributed by atoms with Gasteiger partial charge in [-0.15, -0.1) is 0 Å². The summed E-state index contributed by atoms with van der Waals surface area (Å²) in [5, 5.41) is 17.5. The minimum absolute atomic E-state index is 0.394. The van der Waals surface area contributed by atoms with Crippen LogP contribution in [0.2, 0.25) is 0 Å². The molecular formula is C17H26N2O. The molecule has 4 atom stereocenters. The first-order valence-electron chi connectivity index (χ1n) is 8.04. The molecule has 4 unspecified atom stereocenters. The van der Waals surface area contributed by atoms with E-state index < -0.39 is 6.10 Å². The van der Waals surface area contributed by atoms with E-state index in [9.17, 15) is 5.11 Å². The average molecular weight is 274 g/mol. The van der Waals surface area contributed by atoms with Crippen molar-refractivity contribution < 1.29 is 5.11 Å². The monoisotopic (exact) mass is 274 g/mol. The van der Waals surface area contributed by atoms with Crippen LogP contribution in [0.4, 0.5) is 0 Å². The van der Waals surface area contributed by atoms with E-state index >= 15 is 0 Å². The molecule has 1 aliphatic carbocycles. The maximum atomic E-state index is 10.3. The molecule has 20 heavy (non-hydrogen) atoms. The van der Waals surface area contributed by atoms with Crippen molar-refractivity contribution in [2.45, 2.75) is 50.3 Å². The third-order valence-electron chi connectivity index (χ3n) is 4.94. The number of aliphatic hydroxyl groups excluding tert-OH is 1. The minimum atomic E-state index is -0.394. The molecule has 0 amide bonds. The fourth-order valence-electron chi connectivity index (χ4n) is 3.86. The molecule has 110 valence electrons. The number of hydrogen-bond donors (Lipinski definition) is 3. The lowest BCUT2D eigenvalue weighted by Crippen LogP contribution is -2.43. The van der Waals surface area contributed by atoms with E-state index in [1.807, 2.05) is 30.3 Å². The van der Waals surface area contributed by atoms with Gasteiger partial charge >= 0.3 is 0 Å². The van der Waals surface area contributed by atoms with Crippen molar-refractivity contribution in [1.82, 2.24) is 10.6 Å². The van der Waals surface area contributed by atoms with Gasteiger partial charge in [0.05, 0.1) is 6.10 Å². The molecular weight excluding hydrogens is 248 g/mol. The first-order chi connectivity index (χ1) is 9.84. The smallest absolute Gasteiger partial charge is 0.0914 e. The molecule has 1 saturated carbocycles. The lowest BCUT2D eigenvalue weighted by molar-refractivity contribution is 0.163. The van der Waals surface area contributed by atoms with Crippen LogP contribution in [0.25, 0.3) is 0 Å². The highest BCUT2D eigenvalue weighted by Crippen LogP contribution is 2.32. The largest absolute Gasteiger partial charge is 0.387 e. The number of aliphatic hydroxyl groups is 1. The maximum absolute atomic E-state index is 10.3. The molecule has 1 saturated heterocycles. The second-order valence-corrected chi connectivity index (χ2v) is 6.24. The van der Waals surface area contributed by atoms with Gasteiger partial charge in [0, 0.05) is 18.6 Å². The zero-order valence-electron chi connectivity index (χ0n) is 12.1. The van der Waals surface area contributed by atoms with Crippen LogP contribution in [-0.2, 0) is 0 Å². The Balaban J connectivity index is 1.52. The Morgan fingerprint density at radius 2 is 2.00 bits per heavy atom. The summed E-state index contributed by atoms with van der Waals surface area (Å²) < 4.78 is 0. The number of hydrogen-bond acceptors (Lipinski definition) is 3. The van der Waals surface area contributed by atoms with Gasteiger partial charge in [0.1, 0.15) is 0 Å². The Kier molecular flexibility index (Phi) is 4.71. The predicted octanol–water partition coefficient (Wildman–Crippen LogP) is 2.23. The van der Waals surface area contributed by atoms with Gasteiger partial charge in [-0.2, -0.15) is 0 Å². The summed E-state index contributed by atoms with van der Waals surface area (Å²) in [6.07, 6.45) is 6.15. The summed E-state index contributed by atoms with van der Waals surface area (Å²) in [4.78, 5) is 0. The van der Waals surface area contributed by atoms with E-state index in [0.717, 1.165) is 11.5 Å². The van der Waals surface area contributed by atoms with Gasteiger partial charge in [-0.1, -0.05) is 36.8 Å². The highest BCUT2D eigenvalue weighted by Gasteiger charge is 2.34. The summed E-state index contributed by atoms with van der Waals surface area (Å²) >= 11 is 0. The van der Waals surface area contributed by atoms with Crippen LogP contribution in [0, 0.1) is 5.92 Å². The van der Waals surface area contributed by atoms with Gasteiger partial charge in [-0.3, -0.25) is 0 Å². The van der Waals surface area contributed by atoms with Crippen molar-refractivity contribution in [1.29, 1.82) is 0 Å². The normalized spacial score (nSPS) is 31.6. The topological polar surface area (TPSA) is 44.3 Å². The number of nitrogens with one attached hydrogen (secondary N) is 2. The summed E-state index contributed by atoms with van der Waals surface area (Å²) in [6.45, 7) is 1.85. The Hall–Kier alpha value is -0.900. The molecule has 0 radical (unpaired) electrons. The van der Waals surface area contributed by atoms with E-state index in [2.05, 4.69) is 10.6 Å². The Morgan fingerprint density at radius 3 is 2.75 bits per heavy atom. The molecule has 0 bridgehead atoms.